The van der Waals surface area contributed by atoms with E-state index in [4.69, 9.17) is 16.3 Å². The maximum atomic E-state index is 11.4. The van der Waals surface area contributed by atoms with Crippen molar-refractivity contribution in [3.05, 3.63) is 65.6 Å². The van der Waals surface area contributed by atoms with Gasteiger partial charge in [0.15, 0.2) is 11.6 Å². The molecule has 0 aliphatic rings. The molecule has 2 aromatic carbocycles. The SMILES string of the molecule is COc1c(Nc2nc(Nc3ccc(Cl)cc3)ncc2[C-]=O)cccc1-c1ncn(C)n1.[Li+].[OH-]. The van der Waals surface area contributed by atoms with Gasteiger partial charge in [-0.15, -0.1) is 0 Å². The van der Waals surface area contributed by atoms with Crippen LogP contribution in [0.15, 0.2) is 55.0 Å². The number of halogens is 1. The van der Waals surface area contributed by atoms with Crippen LogP contribution in [0.25, 0.3) is 11.4 Å². The van der Waals surface area contributed by atoms with E-state index in [0.717, 1.165) is 5.69 Å². The summed E-state index contributed by atoms with van der Waals surface area (Å²) in [6.07, 6.45) is 4.84. The van der Waals surface area contributed by atoms with Gasteiger partial charge in [0, 0.05) is 23.6 Å². The van der Waals surface area contributed by atoms with Crippen molar-refractivity contribution < 1.29 is 33.9 Å². The van der Waals surface area contributed by atoms with Crippen molar-refractivity contribution in [2.24, 2.45) is 7.05 Å². The molecule has 4 aromatic rings. The Labute approximate surface area is 206 Å². The number of anilines is 4. The first kappa shape index (κ1) is 25.8. The van der Waals surface area contributed by atoms with Crippen LogP contribution in [0.4, 0.5) is 23.1 Å². The largest absolute Gasteiger partial charge is 1.00 e. The van der Waals surface area contributed by atoms with Crippen molar-refractivity contribution in [1.29, 1.82) is 0 Å². The second-order valence-corrected chi connectivity index (χ2v) is 6.88. The van der Waals surface area contributed by atoms with E-state index in [2.05, 4.69) is 30.7 Å². The van der Waals surface area contributed by atoms with Crippen LogP contribution in [0.1, 0.15) is 5.56 Å². The Kier molecular flexibility index (Phi) is 8.96. The van der Waals surface area contributed by atoms with E-state index in [9.17, 15) is 4.79 Å². The average molecular weight is 459 g/mol. The van der Waals surface area contributed by atoms with Gasteiger partial charge < -0.3 is 25.6 Å². The fourth-order valence-electron chi connectivity index (χ4n) is 2.90. The zero-order valence-corrected chi connectivity index (χ0v) is 18.8. The molecule has 4 rings (SSSR count). The summed E-state index contributed by atoms with van der Waals surface area (Å²) < 4.78 is 7.21. The number of hydrogen-bond acceptors (Lipinski definition) is 9. The van der Waals surface area contributed by atoms with E-state index < -0.39 is 0 Å². The summed E-state index contributed by atoms with van der Waals surface area (Å²) in [5.41, 5.74) is 2.20. The van der Waals surface area contributed by atoms with Gasteiger partial charge in [0.1, 0.15) is 6.33 Å². The molecule has 0 bridgehead atoms. The first-order chi connectivity index (χ1) is 15.1. The fourth-order valence-corrected chi connectivity index (χ4v) is 3.02. The van der Waals surface area contributed by atoms with Gasteiger partial charge in [-0.25, -0.2) is 4.98 Å². The van der Waals surface area contributed by atoms with Gasteiger partial charge in [0.2, 0.25) is 5.95 Å². The van der Waals surface area contributed by atoms with E-state index >= 15 is 0 Å². The molecule has 0 amide bonds. The molecule has 0 saturated heterocycles. The molecule has 0 radical (unpaired) electrons. The maximum absolute atomic E-state index is 11.4. The predicted molar refractivity (Wildman–Crippen MR) is 120 cm³/mol. The van der Waals surface area contributed by atoms with Crippen molar-refractivity contribution in [2.45, 2.75) is 0 Å². The Morgan fingerprint density at radius 1 is 1.09 bits per heavy atom. The molecule has 0 aliphatic heterocycles. The third-order valence-corrected chi connectivity index (χ3v) is 4.56. The Morgan fingerprint density at radius 2 is 1.85 bits per heavy atom. The zero-order chi connectivity index (χ0) is 21.8. The van der Waals surface area contributed by atoms with Crippen molar-refractivity contribution in [3.8, 4) is 17.1 Å². The molecule has 0 spiro atoms. The van der Waals surface area contributed by atoms with Gasteiger partial charge in [-0.1, -0.05) is 29.4 Å². The van der Waals surface area contributed by atoms with Crippen LogP contribution in [0, 0.1) is 0 Å². The third-order valence-electron chi connectivity index (χ3n) is 4.31. The smallest absolute Gasteiger partial charge is 0.870 e. The van der Waals surface area contributed by atoms with Crippen LogP contribution < -0.4 is 34.2 Å². The standard InChI is InChI=1S/C21H17ClN7O2.Li.H2O/c1-29-12-24-20(28-29)16-4-3-5-17(18(16)31-2)26-19-13(11-30)10-23-21(27-19)25-15-8-6-14(22)7-9-15;;/h3-10,12H,1-2H3,(H2,23,25,26,27);;1H2/q-1;+1;/p-1. The monoisotopic (exact) mass is 458 g/mol. The molecular formula is C21H18ClLiN7O3-. The van der Waals surface area contributed by atoms with Gasteiger partial charge in [0.25, 0.3) is 0 Å². The Hall–Kier alpha value is -3.42. The van der Waals surface area contributed by atoms with Crippen LogP contribution in [-0.2, 0) is 11.8 Å². The molecule has 0 saturated carbocycles. The van der Waals surface area contributed by atoms with Gasteiger partial charge in [-0.05, 0) is 36.4 Å². The minimum atomic E-state index is 0. The summed E-state index contributed by atoms with van der Waals surface area (Å²) in [5.74, 6) is 1.59. The summed E-state index contributed by atoms with van der Waals surface area (Å²) in [5, 5.41) is 11.2. The Bertz CT molecular complexity index is 1240. The van der Waals surface area contributed by atoms with Crippen LogP contribution in [0.3, 0.4) is 0 Å². The number of aryl methyl sites for hydroxylation is 1. The summed E-state index contributed by atoms with van der Waals surface area (Å²) in [4.78, 5) is 24.3. The molecule has 0 atom stereocenters. The first-order valence-electron chi connectivity index (χ1n) is 9.15. The average Bonchev–Trinajstić information content (AvgIpc) is 3.21. The number of benzene rings is 2. The molecule has 33 heavy (non-hydrogen) atoms. The molecule has 164 valence electrons. The molecular weight excluding hydrogens is 441 g/mol. The van der Waals surface area contributed by atoms with Crippen molar-refractivity contribution in [3.63, 3.8) is 0 Å². The van der Waals surface area contributed by atoms with Gasteiger partial charge in [-0.3, -0.25) is 14.6 Å². The normalized spacial score (nSPS) is 9.91. The van der Waals surface area contributed by atoms with Gasteiger partial charge in [-0.2, -0.15) is 5.10 Å². The number of hydrogen-bond donors (Lipinski definition) is 2. The molecule has 2 aromatic heterocycles. The number of carbonyl (C=O) groups excluding carboxylic acids is 1. The number of methoxy groups -OCH3 is 1. The molecule has 0 aliphatic carbocycles. The molecule has 12 heteroatoms. The minimum absolute atomic E-state index is 0. The summed E-state index contributed by atoms with van der Waals surface area (Å²) >= 11 is 5.92. The topological polar surface area (TPSA) is 137 Å². The summed E-state index contributed by atoms with van der Waals surface area (Å²) in [6, 6.07) is 12.6. The second-order valence-electron chi connectivity index (χ2n) is 6.44. The number of nitrogens with one attached hydrogen (secondary N) is 2. The second kappa shape index (κ2) is 11.4. The van der Waals surface area contributed by atoms with Crippen molar-refractivity contribution in [1.82, 2.24) is 24.7 Å². The number of para-hydroxylation sites is 1. The number of aromatic nitrogens is 5. The molecule has 3 N–H and O–H groups in total. The maximum Gasteiger partial charge on any atom is 1.00 e. The molecule has 0 fully saturated rings. The quantitative estimate of drug-likeness (QED) is 0.303. The van der Waals surface area contributed by atoms with E-state index in [-0.39, 0.29) is 35.7 Å². The Balaban J connectivity index is 0.00000193. The van der Waals surface area contributed by atoms with Crippen LogP contribution in [0.5, 0.6) is 5.75 Å². The van der Waals surface area contributed by atoms with Crippen molar-refractivity contribution in [2.75, 3.05) is 17.7 Å². The first-order valence-corrected chi connectivity index (χ1v) is 9.53. The third kappa shape index (κ3) is 5.88. The van der Waals surface area contributed by atoms with E-state index in [0.29, 0.717) is 33.8 Å². The van der Waals surface area contributed by atoms with Crippen LogP contribution in [0.2, 0.25) is 5.02 Å². The van der Waals surface area contributed by atoms with Crippen molar-refractivity contribution >= 4 is 41.0 Å². The number of ether oxygens (including phenoxy) is 1. The molecule has 2 heterocycles. The minimum Gasteiger partial charge on any atom is -0.870 e. The van der Waals surface area contributed by atoms with Gasteiger partial charge in [0.05, 0.1) is 24.6 Å². The summed E-state index contributed by atoms with van der Waals surface area (Å²) in [7, 11) is 3.33. The number of rotatable bonds is 7. The molecule has 10 nitrogen and oxygen atoms in total. The molecule has 0 unspecified atom stereocenters. The van der Waals surface area contributed by atoms with E-state index in [1.165, 1.54) is 6.20 Å². The Morgan fingerprint density at radius 3 is 2.48 bits per heavy atom. The zero-order valence-electron chi connectivity index (χ0n) is 18.1. The van der Waals surface area contributed by atoms with E-state index in [1.807, 2.05) is 18.4 Å². The fraction of sp³-hybridized carbons (Fsp3) is 0.0952. The van der Waals surface area contributed by atoms with Crippen LogP contribution >= 0.6 is 11.6 Å². The number of nitrogens with zero attached hydrogens (tertiary/aromatic N) is 5. The van der Waals surface area contributed by atoms with Gasteiger partial charge >= 0.3 is 18.9 Å². The summed E-state index contributed by atoms with van der Waals surface area (Å²) in [6.45, 7) is 0. The van der Waals surface area contributed by atoms with E-state index in [1.54, 1.807) is 55.5 Å². The predicted octanol–water partition coefficient (Wildman–Crippen LogP) is 0.706. The van der Waals surface area contributed by atoms with Crippen LogP contribution in [-0.4, -0.2) is 43.6 Å².